The second-order valence-corrected chi connectivity index (χ2v) is 6.17. The summed E-state index contributed by atoms with van der Waals surface area (Å²) >= 11 is 0. The molecule has 2 aromatic rings. The third-order valence-electron chi connectivity index (χ3n) is 4.20. The van der Waals surface area contributed by atoms with E-state index in [1.54, 1.807) is 6.07 Å². The molecule has 3 rings (SSSR count). The maximum absolute atomic E-state index is 13.1. The van der Waals surface area contributed by atoms with E-state index < -0.39 is 0 Å². The lowest BCUT2D eigenvalue weighted by atomic mass is 9.95. The minimum atomic E-state index is -0.0136. The zero-order valence-electron chi connectivity index (χ0n) is 13.9. The lowest BCUT2D eigenvalue weighted by molar-refractivity contribution is -0.0586. The molecule has 2 aromatic carbocycles. The molecule has 0 saturated carbocycles. The van der Waals surface area contributed by atoms with Gasteiger partial charge >= 0.3 is 0 Å². The summed E-state index contributed by atoms with van der Waals surface area (Å²) in [4.78, 5) is 14.9. The van der Waals surface area contributed by atoms with Gasteiger partial charge in [0.25, 0.3) is 5.91 Å². The summed E-state index contributed by atoms with van der Waals surface area (Å²) in [5, 5.41) is 9.37. The Morgan fingerprint density at radius 2 is 1.62 bits per heavy atom. The summed E-state index contributed by atoms with van der Waals surface area (Å²) in [6.45, 7) is 5.12. The monoisotopic (exact) mass is 320 g/mol. The number of amides is 1. The number of ether oxygens (including phenoxy) is 1. The van der Waals surface area contributed by atoms with Crippen molar-refractivity contribution in [3.63, 3.8) is 0 Å². The van der Waals surface area contributed by atoms with Crippen LogP contribution in [0.5, 0.6) is 0 Å². The van der Waals surface area contributed by atoms with Gasteiger partial charge in [0.1, 0.15) is 0 Å². The van der Waals surface area contributed by atoms with Crippen LogP contribution < -0.4 is 0 Å². The lowest BCUT2D eigenvalue weighted by Gasteiger charge is -2.35. The molecule has 2 unspecified atom stereocenters. The second-order valence-electron chi connectivity index (χ2n) is 6.17. The fourth-order valence-corrected chi connectivity index (χ4v) is 3.23. The van der Waals surface area contributed by atoms with E-state index in [2.05, 4.69) is 6.07 Å². The van der Waals surface area contributed by atoms with E-state index in [1.165, 1.54) is 0 Å². The SMILES string of the molecule is CC1CN(C(=O)c2ccccc2-c2ccccc2C#N)CC(C)O1. The van der Waals surface area contributed by atoms with Crippen LogP contribution in [0.4, 0.5) is 0 Å². The Kier molecular flexibility index (Phi) is 4.64. The van der Waals surface area contributed by atoms with Gasteiger partial charge in [-0.3, -0.25) is 4.79 Å². The molecule has 1 aliphatic heterocycles. The minimum Gasteiger partial charge on any atom is -0.372 e. The van der Waals surface area contributed by atoms with E-state index in [4.69, 9.17) is 4.74 Å². The predicted octanol–water partition coefficient (Wildman–Crippen LogP) is 3.47. The average Bonchev–Trinajstić information content (AvgIpc) is 2.60. The van der Waals surface area contributed by atoms with Gasteiger partial charge in [0.15, 0.2) is 0 Å². The highest BCUT2D eigenvalue weighted by atomic mass is 16.5. The molecule has 4 nitrogen and oxygen atoms in total. The van der Waals surface area contributed by atoms with Gasteiger partial charge in [-0.15, -0.1) is 0 Å². The molecule has 0 aromatic heterocycles. The van der Waals surface area contributed by atoms with Crippen molar-refractivity contribution in [1.82, 2.24) is 4.90 Å². The minimum absolute atomic E-state index is 0.0136. The van der Waals surface area contributed by atoms with Crippen molar-refractivity contribution in [1.29, 1.82) is 5.26 Å². The van der Waals surface area contributed by atoms with Gasteiger partial charge < -0.3 is 9.64 Å². The van der Waals surface area contributed by atoms with Crippen molar-refractivity contribution in [2.75, 3.05) is 13.1 Å². The van der Waals surface area contributed by atoms with Crippen LogP contribution in [0.1, 0.15) is 29.8 Å². The van der Waals surface area contributed by atoms with E-state index in [0.717, 1.165) is 11.1 Å². The van der Waals surface area contributed by atoms with Crippen LogP contribution in [0, 0.1) is 11.3 Å². The van der Waals surface area contributed by atoms with E-state index in [9.17, 15) is 10.1 Å². The summed E-state index contributed by atoms with van der Waals surface area (Å²) in [5.41, 5.74) is 2.78. The number of nitrogens with zero attached hydrogens (tertiary/aromatic N) is 2. The maximum atomic E-state index is 13.1. The number of rotatable bonds is 2. The first-order valence-corrected chi connectivity index (χ1v) is 8.13. The molecular weight excluding hydrogens is 300 g/mol. The first kappa shape index (κ1) is 16.2. The Morgan fingerprint density at radius 1 is 1.04 bits per heavy atom. The Bertz CT molecular complexity index is 784. The van der Waals surface area contributed by atoms with Crippen LogP contribution in [0.3, 0.4) is 0 Å². The summed E-state index contributed by atoms with van der Waals surface area (Å²) in [6, 6.07) is 17.1. The topological polar surface area (TPSA) is 53.3 Å². The molecule has 4 heteroatoms. The fourth-order valence-electron chi connectivity index (χ4n) is 3.23. The van der Waals surface area contributed by atoms with Crippen LogP contribution in [0.15, 0.2) is 48.5 Å². The van der Waals surface area contributed by atoms with Crippen molar-refractivity contribution in [2.24, 2.45) is 0 Å². The van der Waals surface area contributed by atoms with Crippen LogP contribution in [0.25, 0.3) is 11.1 Å². The smallest absolute Gasteiger partial charge is 0.254 e. The molecule has 2 atom stereocenters. The van der Waals surface area contributed by atoms with Crippen molar-refractivity contribution < 1.29 is 9.53 Å². The summed E-state index contributed by atoms with van der Waals surface area (Å²) < 4.78 is 5.72. The van der Waals surface area contributed by atoms with E-state index >= 15 is 0 Å². The first-order chi connectivity index (χ1) is 11.6. The van der Waals surface area contributed by atoms with Gasteiger partial charge in [-0.05, 0) is 31.5 Å². The highest BCUT2D eigenvalue weighted by molar-refractivity contribution is 6.01. The fraction of sp³-hybridized carbons (Fsp3) is 0.300. The number of hydrogen-bond acceptors (Lipinski definition) is 3. The van der Waals surface area contributed by atoms with Crippen molar-refractivity contribution in [3.05, 3.63) is 59.7 Å². The summed E-state index contributed by atoms with van der Waals surface area (Å²) in [6.07, 6.45) is 0.0486. The third kappa shape index (κ3) is 3.17. The Balaban J connectivity index is 2.01. The van der Waals surface area contributed by atoms with Gasteiger partial charge in [0.2, 0.25) is 0 Å². The lowest BCUT2D eigenvalue weighted by Crippen LogP contribution is -2.48. The highest BCUT2D eigenvalue weighted by Gasteiger charge is 2.28. The second kappa shape index (κ2) is 6.86. The molecule has 0 N–H and O–H groups in total. The van der Waals surface area contributed by atoms with Gasteiger partial charge in [0, 0.05) is 24.2 Å². The van der Waals surface area contributed by atoms with Crippen molar-refractivity contribution in [3.8, 4) is 17.2 Å². The summed E-state index contributed by atoms with van der Waals surface area (Å²) in [5.74, 6) is -0.0136. The largest absolute Gasteiger partial charge is 0.372 e. The van der Waals surface area contributed by atoms with Crippen LogP contribution in [0.2, 0.25) is 0 Å². The molecule has 0 spiro atoms. The van der Waals surface area contributed by atoms with E-state index in [1.807, 2.05) is 61.2 Å². The average molecular weight is 320 g/mol. The number of hydrogen-bond donors (Lipinski definition) is 0. The van der Waals surface area contributed by atoms with E-state index in [0.29, 0.717) is 24.2 Å². The molecule has 1 amide bonds. The number of benzene rings is 2. The Labute approximate surface area is 142 Å². The Morgan fingerprint density at radius 3 is 2.29 bits per heavy atom. The van der Waals surface area contributed by atoms with Crippen LogP contribution >= 0.6 is 0 Å². The predicted molar refractivity (Wildman–Crippen MR) is 92.5 cm³/mol. The van der Waals surface area contributed by atoms with Gasteiger partial charge in [-0.1, -0.05) is 36.4 Å². The zero-order valence-corrected chi connectivity index (χ0v) is 13.9. The molecule has 24 heavy (non-hydrogen) atoms. The van der Waals surface area contributed by atoms with Crippen LogP contribution in [-0.4, -0.2) is 36.1 Å². The van der Waals surface area contributed by atoms with E-state index in [-0.39, 0.29) is 18.1 Å². The van der Waals surface area contributed by atoms with Crippen LogP contribution in [-0.2, 0) is 4.74 Å². The standard InChI is InChI=1S/C20H20N2O2/c1-14-12-22(13-15(2)24-14)20(23)19-10-6-5-9-18(19)17-8-4-3-7-16(17)11-21/h3-10,14-15H,12-13H2,1-2H3. The molecule has 0 bridgehead atoms. The molecule has 1 heterocycles. The molecule has 0 radical (unpaired) electrons. The maximum Gasteiger partial charge on any atom is 0.254 e. The normalized spacial score (nSPS) is 20.5. The number of carbonyl (C=O) groups is 1. The number of carbonyl (C=O) groups excluding carboxylic acids is 1. The van der Waals surface area contributed by atoms with Gasteiger partial charge in [-0.25, -0.2) is 0 Å². The third-order valence-corrected chi connectivity index (χ3v) is 4.20. The van der Waals surface area contributed by atoms with Gasteiger partial charge in [0.05, 0.1) is 23.8 Å². The quantitative estimate of drug-likeness (QED) is 0.851. The van der Waals surface area contributed by atoms with Crippen molar-refractivity contribution >= 4 is 5.91 Å². The zero-order chi connectivity index (χ0) is 17.1. The summed E-state index contributed by atoms with van der Waals surface area (Å²) in [7, 11) is 0. The first-order valence-electron chi connectivity index (χ1n) is 8.13. The molecule has 1 saturated heterocycles. The van der Waals surface area contributed by atoms with Gasteiger partial charge in [-0.2, -0.15) is 5.26 Å². The molecule has 122 valence electrons. The number of nitriles is 1. The molecule has 0 aliphatic carbocycles. The molecular formula is C20H20N2O2. The molecule has 1 aliphatic rings. The molecule has 1 fully saturated rings. The highest BCUT2D eigenvalue weighted by Crippen LogP contribution is 2.28. The van der Waals surface area contributed by atoms with Crippen molar-refractivity contribution in [2.45, 2.75) is 26.1 Å². The Hall–Kier alpha value is -2.64. The number of morpholine rings is 1.